The van der Waals surface area contributed by atoms with Gasteiger partial charge in [0.2, 0.25) is 0 Å². The summed E-state index contributed by atoms with van der Waals surface area (Å²) in [5.74, 6) is 12.2. The Hall–Kier alpha value is -1.16. The molecule has 0 aromatic rings. The first-order valence-corrected chi connectivity index (χ1v) is 32.6. The molecule has 416 valence electrons. The molecule has 0 aromatic heterocycles. The predicted octanol–water partition coefficient (Wildman–Crippen LogP) is 19.0. The van der Waals surface area contributed by atoms with Crippen molar-refractivity contribution in [1.82, 2.24) is 0 Å². The number of hydrogen-bond donors (Lipinski definition) is 2. The molecule has 20 atom stereocenters. The van der Waals surface area contributed by atoms with Crippen LogP contribution in [-0.4, -0.2) is 35.6 Å². The Morgan fingerprint density at radius 3 is 1.29 bits per heavy atom. The van der Waals surface area contributed by atoms with E-state index in [2.05, 4.69) is 120 Å². The maximum Gasteiger partial charge on any atom is 0.0610 e. The highest BCUT2D eigenvalue weighted by atomic mass is 16.5. The molecule has 6 saturated carbocycles. The van der Waals surface area contributed by atoms with E-state index in [4.69, 9.17) is 4.74 Å². The SMILES string of the molecule is CC[C@H](/C=C/[C@@H](C)[C@H]1CC[C@H]2[C@@H]3CC=C4C[C@@H](C(CCCCCO)OC(CCCCCO)[C@H]5CC[C@@]6(C)C(=CC[C@H]7[C@@H]8CC[C@H]([C@H](C)/C=C/[C@@H](CC)C(C)C)[C@@]8(C)CC[C@@H]76)C5)CC[C@]4(C)[C@H]3CC[C@]12C)C(C)C. The highest BCUT2D eigenvalue weighted by molar-refractivity contribution is 5.28. The summed E-state index contributed by atoms with van der Waals surface area (Å²) in [6.45, 7) is 31.0. The van der Waals surface area contributed by atoms with Gasteiger partial charge in [0.05, 0.1) is 12.2 Å². The van der Waals surface area contributed by atoms with E-state index in [0.29, 0.717) is 82.6 Å². The normalized spacial score (nSPS) is 40.8. The summed E-state index contributed by atoms with van der Waals surface area (Å²) in [7, 11) is 0. The molecular formula is C70H118O3. The van der Waals surface area contributed by atoms with E-state index < -0.39 is 0 Å². The molecule has 2 N–H and O–H groups in total. The standard InChI is InChI=1S/C70H118O3/c1-13-51(47(3)4)25-23-49(7)59-31-33-61-57-29-27-55-45-53(35-39-67(55,9)63(57)37-41-69(59,61)11)65(21-17-15-19-43-71)73-66(22-18-16-20-44-72)54-36-40-68(10)56(46-54)28-30-58-62-34-32-60(70(62,12)42-38-64(58)68)50(8)24-26-52(14-2)48(5)6/h23-28,47-54,57-66,71-72H,13-22,29-46H2,1-12H3/b25-23+,26-24+/t49-,50-,51-,52-,53+,54+,57+,58+,59-,60-,61+,62+,63+,64+,65?,66?,67+,68+,69-,70-/m1/s1. The van der Waals surface area contributed by atoms with Crippen LogP contribution >= 0.6 is 0 Å². The Kier molecular flexibility index (Phi) is 19.8. The van der Waals surface area contributed by atoms with Gasteiger partial charge in [-0.15, -0.1) is 0 Å². The Morgan fingerprint density at radius 1 is 0.507 bits per heavy atom. The van der Waals surface area contributed by atoms with Gasteiger partial charge in [-0.25, -0.2) is 0 Å². The van der Waals surface area contributed by atoms with Crippen molar-refractivity contribution in [2.45, 2.75) is 262 Å². The molecule has 8 aliphatic carbocycles. The third kappa shape index (κ3) is 11.8. The molecule has 73 heavy (non-hydrogen) atoms. The van der Waals surface area contributed by atoms with Gasteiger partial charge in [-0.05, 0) is 258 Å². The smallest absolute Gasteiger partial charge is 0.0610 e. The number of fused-ring (bicyclic) bond motifs is 10. The van der Waals surface area contributed by atoms with Crippen molar-refractivity contribution in [3.63, 3.8) is 0 Å². The number of aliphatic hydroxyl groups is 2. The van der Waals surface area contributed by atoms with Gasteiger partial charge in [0.1, 0.15) is 0 Å². The Balaban J connectivity index is 0.959. The summed E-state index contributed by atoms with van der Waals surface area (Å²) in [6.07, 6.45) is 49.8. The molecule has 0 bridgehead atoms. The molecule has 0 aromatic carbocycles. The molecule has 0 amide bonds. The second-order valence-corrected chi connectivity index (χ2v) is 29.5. The monoisotopic (exact) mass is 1010 g/mol. The summed E-state index contributed by atoms with van der Waals surface area (Å²) in [4.78, 5) is 0. The van der Waals surface area contributed by atoms with Crippen molar-refractivity contribution >= 4 is 0 Å². The molecular weight excluding hydrogens is 889 g/mol. The molecule has 0 radical (unpaired) electrons. The minimum Gasteiger partial charge on any atom is -0.396 e. The second kappa shape index (κ2) is 24.9. The number of allylic oxidation sites excluding steroid dienone is 8. The lowest BCUT2D eigenvalue weighted by Gasteiger charge is -2.59. The number of rotatable bonds is 24. The zero-order valence-electron chi connectivity index (χ0n) is 50.0. The van der Waals surface area contributed by atoms with Crippen LogP contribution in [0.3, 0.4) is 0 Å². The van der Waals surface area contributed by atoms with Crippen LogP contribution in [0.5, 0.6) is 0 Å². The van der Waals surface area contributed by atoms with Crippen molar-refractivity contribution in [1.29, 1.82) is 0 Å². The van der Waals surface area contributed by atoms with Crippen LogP contribution in [0, 0.1) is 116 Å². The highest BCUT2D eigenvalue weighted by Crippen LogP contribution is 2.70. The van der Waals surface area contributed by atoms with E-state index in [0.717, 1.165) is 111 Å². The highest BCUT2D eigenvalue weighted by Gasteiger charge is 2.61. The van der Waals surface area contributed by atoms with Crippen molar-refractivity contribution in [3.8, 4) is 0 Å². The average Bonchev–Trinajstić information content (AvgIpc) is 3.92. The number of ether oxygens (including phenoxy) is 1. The van der Waals surface area contributed by atoms with Crippen molar-refractivity contribution in [2.24, 2.45) is 116 Å². The number of hydrogen-bond acceptors (Lipinski definition) is 3. The summed E-state index contributed by atoms with van der Waals surface area (Å²) in [5.41, 5.74) is 5.28. The van der Waals surface area contributed by atoms with Gasteiger partial charge >= 0.3 is 0 Å². The number of unbranched alkanes of at least 4 members (excludes halogenated alkanes) is 4. The minimum absolute atomic E-state index is 0.298. The molecule has 0 saturated heterocycles. The molecule has 3 heteroatoms. The van der Waals surface area contributed by atoms with Gasteiger partial charge in [-0.3, -0.25) is 0 Å². The average molecular weight is 1010 g/mol. The minimum atomic E-state index is 0.298. The summed E-state index contributed by atoms with van der Waals surface area (Å²) in [6, 6.07) is 0. The fourth-order valence-electron chi connectivity index (χ4n) is 20.7. The van der Waals surface area contributed by atoms with Crippen LogP contribution < -0.4 is 0 Å². The summed E-state index contributed by atoms with van der Waals surface area (Å²) < 4.78 is 7.86. The van der Waals surface area contributed by atoms with Crippen LogP contribution in [0.25, 0.3) is 0 Å². The van der Waals surface area contributed by atoms with Crippen LogP contribution in [-0.2, 0) is 4.74 Å². The molecule has 0 aliphatic heterocycles. The second-order valence-electron chi connectivity index (χ2n) is 29.5. The van der Waals surface area contributed by atoms with Crippen molar-refractivity contribution < 1.29 is 14.9 Å². The fraction of sp³-hybridized carbons (Fsp3) is 0.886. The van der Waals surface area contributed by atoms with Crippen LogP contribution in [0.15, 0.2) is 47.6 Å². The summed E-state index contributed by atoms with van der Waals surface area (Å²) >= 11 is 0. The van der Waals surface area contributed by atoms with E-state index in [9.17, 15) is 10.2 Å². The van der Waals surface area contributed by atoms with Gasteiger partial charge in [0.15, 0.2) is 0 Å². The quantitative estimate of drug-likeness (QED) is 0.0748. The summed E-state index contributed by atoms with van der Waals surface area (Å²) in [5, 5.41) is 19.7. The first kappa shape index (κ1) is 58.0. The third-order valence-corrected chi connectivity index (χ3v) is 25.4. The Morgan fingerprint density at radius 2 is 0.918 bits per heavy atom. The van der Waals surface area contributed by atoms with E-state index in [1.807, 2.05) is 11.1 Å². The van der Waals surface area contributed by atoms with Crippen LogP contribution in [0.4, 0.5) is 0 Å². The van der Waals surface area contributed by atoms with E-state index in [1.165, 1.54) is 116 Å². The zero-order chi connectivity index (χ0) is 52.3. The molecule has 0 spiro atoms. The molecule has 6 fully saturated rings. The molecule has 2 unspecified atom stereocenters. The lowest BCUT2D eigenvalue weighted by molar-refractivity contribution is -0.104. The lowest BCUT2D eigenvalue weighted by Crippen LogP contribution is -2.51. The van der Waals surface area contributed by atoms with Gasteiger partial charge in [-0.1, -0.05) is 156 Å². The third-order valence-electron chi connectivity index (χ3n) is 25.4. The van der Waals surface area contributed by atoms with E-state index >= 15 is 0 Å². The molecule has 0 heterocycles. The molecule has 8 rings (SSSR count). The first-order chi connectivity index (χ1) is 35.0. The van der Waals surface area contributed by atoms with Gasteiger partial charge < -0.3 is 14.9 Å². The van der Waals surface area contributed by atoms with E-state index in [-0.39, 0.29) is 0 Å². The van der Waals surface area contributed by atoms with Gasteiger partial charge in [0.25, 0.3) is 0 Å². The zero-order valence-corrected chi connectivity index (χ0v) is 50.0. The van der Waals surface area contributed by atoms with Crippen LogP contribution in [0.1, 0.15) is 250 Å². The van der Waals surface area contributed by atoms with Crippen molar-refractivity contribution in [3.05, 3.63) is 47.6 Å². The maximum absolute atomic E-state index is 9.85. The lowest BCUT2D eigenvalue weighted by atomic mass is 9.46. The molecule has 8 aliphatic rings. The Labute approximate surface area is 452 Å². The van der Waals surface area contributed by atoms with Crippen LogP contribution in [0.2, 0.25) is 0 Å². The largest absolute Gasteiger partial charge is 0.396 e. The maximum atomic E-state index is 9.85. The van der Waals surface area contributed by atoms with Gasteiger partial charge in [-0.2, -0.15) is 0 Å². The number of aliphatic hydroxyl groups excluding tert-OH is 2. The predicted molar refractivity (Wildman–Crippen MR) is 311 cm³/mol. The fourth-order valence-corrected chi connectivity index (χ4v) is 20.7. The first-order valence-electron chi connectivity index (χ1n) is 32.6. The van der Waals surface area contributed by atoms with E-state index in [1.54, 1.807) is 0 Å². The topological polar surface area (TPSA) is 49.7 Å². The van der Waals surface area contributed by atoms with Crippen molar-refractivity contribution in [2.75, 3.05) is 13.2 Å². The Bertz CT molecular complexity index is 1740. The van der Waals surface area contributed by atoms with Gasteiger partial charge in [0, 0.05) is 13.2 Å². The molecule has 3 nitrogen and oxygen atoms in total.